The molecule has 1 aromatic heterocycles. The van der Waals surface area contributed by atoms with Crippen LogP contribution in [0.15, 0.2) is 72.9 Å². The van der Waals surface area contributed by atoms with Gasteiger partial charge in [0.25, 0.3) is 0 Å². The van der Waals surface area contributed by atoms with E-state index in [9.17, 15) is 0 Å². The largest absolute Gasteiger partial charge is 0.468 e. The molecule has 0 N–H and O–H groups in total. The number of benzene rings is 2. The molecule has 29 heavy (non-hydrogen) atoms. The Balaban J connectivity index is 1.52. The molecular weight excluding hydrogens is 382 g/mol. The summed E-state index contributed by atoms with van der Waals surface area (Å²) in [6, 6.07) is 22.8. The first-order valence-electron chi connectivity index (χ1n) is 10.3. The van der Waals surface area contributed by atoms with E-state index < -0.39 is 0 Å². The van der Waals surface area contributed by atoms with Crippen LogP contribution in [0, 0.1) is 0 Å². The molecule has 1 heterocycles. The zero-order valence-corrected chi connectivity index (χ0v) is 17.2. The van der Waals surface area contributed by atoms with Crippen LogP contribution in [-0.4, -0.2) is 17.9 Å². The van der Waals surface area contributed by atoms with Gasteiger partial charge < -0.3 is 9.47 Å². The van der Waals surface area contributed by atoms with Crippen LogP contribution in [0.1, 0.15) is 48.3 Å². The highest BCUT2D eigenvalue weighted by atomic mass is 35.5. The Hall–Kier alpha value is -2.36. The van der Waals surface area contributed by atoms with Crippen molar-refractivity contribution in [1.29, 1.82) is 0 Å². The van der Waals surface area contributed by atoms with Crippen LogP contribution in [0.5, 0.6) is 5.75 Å². The maximum Gasteiger partial charge on any atom is 0.189 e. The summed E-state index contributed by atoms with van der Waals surface area (Å²) in [5.41, 5.74) is 3.64. The second-order valence-corrected chi connectivity index (χ2v) is 7.95. The summed E-state index contributed by atoms with van der Waals surface area (Å²) in [7, 11) is 0. The molecule has 0 bridgehead atoms. The Labute approximate surface area is 177 Å². The van der Waals surface area contributed by atoms with Gasteiger partial charge in [-0.2, -0.15) is 0 Å². The van der Waals surface area contributed by atoms with E-state index in [-0.39, 0.29) is 5.92 Å². The molecule has 3 aromatic rings. The number of aromatic nitrogens is 1. The Morgan fingerprint density at radius 2 is 1.72 bits per heavy atom. The normalized spacial score (nSPS) is 15.3. The molecule has 150 valence electrons. The van der Waals surface area contributed by atoms with Crippen LogP contribution < -0.4 is 4.74 Å². The van der Waals surface area contributed by atoms with E-state index in [0.717, 1.165) is 30.6 Å². The van der Waals surface area contributed by atoms with Gasteiger partial charge in [0.05, 0.1) is 6.10 Å². The quantitative estimate of drug-likeness (QED) is 0.319. The highest BCUT2D eigenvalue weighted by Crippen LogP contribution is 2.31. The van der Waals surface area contributed by atoms with Gasteiger partial charge in [-0.25, -0.2) is 4.98 Å². The van der Waals surface area contributed by atoms with Gasteiger partial charge in [-0.15, -0.1) is 0 Å². The molecule has 0 spiro atoms. The van der Waals surface area contributed by atoms with Crippen LogP contribution >= 0.6 is 11.6 Å². The average Bonchev–Trinajstić information content (AvgIpc) is 3.27. The third-order valence-electron chi connectivity index (χ3n) is 5.52. The molecule has 1 atom stereocenters. The minimum Gasteiger partial charge on any atom is -0.468 e. The lowest BCUT2D eigenvalue weighted by molar-refractivity contribution is -0.0325. The van der Waals surface area contributed by atoms with Gasteiger partial charge in [0.2, 0.25) is 0 Å². The molecule has 0 saturated heterocycles. The van der Waals surface area contributed by atoms with Gasteiger partial charge in [0.1, 0.15) is 10.9 Å². The Kier molecular flexibility index (Phi) is 6.81. The van der Waals surface area contributed by atoms with E-state index in [4.69, 9.17) is 21.1 Å². The first-order chi connectivity index (χ1) is 14.3. The number of halogens is 1. The smallest absolute Gasteiger partial charge is 0.189 e. The highest BCUT2D eigenvalue weighted by Gasteiger charge is 2.17. The second kappa shape index (κ2) is 9.91. The molecule has 1 aliphatic carbocycles. The van der Waals surface area contributed by atoms with Crippen molar-refractivity contribution in [2.24, 2.45) is 0 Å². The lowest BCUT2D eigenvalue weighted by Crippen LogP contribution is -2.12. The third kappa shape index (κ3) is 5.59. The first kappa shape index (κ1) is 19.9. The van der Waals surface area contributed by atoms with Crippen molar-refractivity contribution in [2.45, 2.75) is 44.1 Å². The maximum absolute atomic E-state index is 6.11. The van der Waals surface area contributed by atoms with Crippen molar-refractivity contribution in [3.8, 4) is 5.75 Å². The molecule has 1 saturated carbocycles. The number of rotatable bonds is 8. The van der Waals surface area contributed by atoms with E-state index in [0.29, 0.717) is 18.1 Å². The number of nitrogens with zero attached hydrogens (tertiary/aromatic N) is 1. The number of ether oxygens (including phenoxy) is 2. The van der Waals surface area contributed by atoms with Gasteiger partial charge >= 0.3 is 0 Å². The van der Waals surface area contributed by atoms with Crippen molar-refractivity contribution in [2.75, 3.05) is 6.79 Å². The van der Waals surface area contributed by atoms with Crippen molar-refractivity contribution >= 4 is 11.6 Å². The predicted molar refractivity (Wildman–Crippen MR) is 117 cm³/mol. The summed E-state index contributed by atoms with van der Waals surface area (Å²) in [4.78, 5) is 4.10. The maximum atomic E-state index is 6.11. The summed E-state index contributed by atoms with van der Waals surface area (Å²) in [6.07, 6.45) is 7.78. The predicted octanol–water partition coefficient (Wildman–Crippen LogP) is 6.41. The van der Waals surface area contributed by atoms with Crippen LogP contribution in [0.2, 0.25) is 5.15 Å². The number of hydrogen-bond acceptors (Lipinski definition) is 3. The summed E-state index contributed by atoms with van der Waals surface area (Å²) in [6.45, 7) is 0.310. The van der Waals surface area contributed by atoms with Gasteiger partial charge in [-0.1, -0.05) is 66.9 Å². The van der Waals surface area contributed by atoms with Gasteiger partial charge in [0.15, 0.2) is 6.79 Å². The van der Waals surface area contributed by atoms with Gasteiger partial charge in [-0.05, 0) is 60.2 Å². The lowest BCUT2D eigenvalue weighted by atomic mass is 9.86. The molecule has 4 rings (SSSR count). The molecule has 0 aliphatic heterocycles. The zero-order chi connectivity index (χ0) is 19.9. The van der Waals surface area contributed by atoms with Crippen LogP contribution in [0.25, 0.3) is 0 Å². The molecule has 0 radical (unpaired) electrons. The number of hydrogen-bond donors (Lipinski definition) is 0. The van der Waals surface area contributed by atoms with Crippen molar-refractivity contribution in [3.63, 3.8) is 0 Å². The van der Waals surface area contributed by atoms with E-state index in [1.54, 1.807) is 6.20 Å². The van der Waals surface area contributed by atoms with Crippen molar-refractivity contribution in [3.05, 3.63) is 94.8 Å². The average molecular weight is 408 g/mol. The molecular formula is C25H26ClNO2. The van der Waals surface area contributed by atoms with Crippen LogP contribution in [0.4, 0.5) is 0 Å². The van der Waals surface area contributed by atoms with Crippen molar-refractivity contribution < 1.29 is 9.47 Å². The second-order valence-electron chi connectivity index (χ2n) is 7.56. The van der Waals surface area contributed by atoms with E-state index in [1.165, 1.54) is 24.0 Å². The Morgan fingerprint density at radius 1 is 0.931 bits per heavy atom. The summed E-state index contributed by atoms with van der Waals surface area (Å²) >= 11 is 6.11. The number of pyridine rings is 1. The standard InChI is InChI=1S/C25H26ClNO2/c26-25-16-19(13-14-27-25)15-24(20-7-2-1-3-8-20)21-9-6-12-23(17-21)29-18-28-22-10-4-5-11-22/h1-3,6-9,12-14,16-17,22,24H,4-5,10-11,15,18H2. The molecule has 1 fully saturated rings. The molecule has 4 heteroatoms. The SMILES string of the molecule is Clc1cc(CC(c2ccccc2)c2cccc(OCOC3CCCC3)c2)ccn1. The van der Waals surface area contributed by atoms with Crippen LogP contribution in [0.3, 0.4) is 0 Å². The Morgan fingerprint density at radius 3 is 2.52 bits per heavy atom. The summed E-state index contributed by atoms with van der Waals surface area (Å²) in [5, 5.41) is 0.524. The first-order valence-corrected chi connectivity index (χ1v) is 10.7. The topological polar surface area (TPSA) is 31.4 Å². The molecule has 1 aliphatic rings. The monoisotopic (exact) mass is 407 g/mol. The summed E-state index contributed by atoms with van der Waals surface area (Å²) < 4.78 is 11.8. The summed E-state index contributed by atoms with van der Waals surface area (Å²) in [5.74, 6) is 1.04. The third-order valence-corrected chi connectivity index (χ3v) is 5.73. The van der Waals surface area contributed by atoms with Gasteiger partial charge in [0, 0.05) is 12.1 Å². The van der Waals surface area contributed by atoms with E-state index in [1.807, 2.05) is 24.3 Å². The van der Waals surface area contributed by atoms with E-state index >= 15 is 0 Å². The lowest BCUT2D eigenvalue weighted by Gasteiger charge is -2.20. The van der Waals surface area contributed by atoms with Crippen molar-refractivity contribution in [1.82, 2.24) is 4.98 Å². The fourth-order valence-electron chi connectivity index (χ4n) is 3.99. The minimum absolute atomic E-state index is 0.203. The molecule has 0 amide bonds. The van der Waals surface area contributed by atoms with Crippen LogP contribution in [-0.2, 0) is 11.2 Å². The van der Waals surface area contributed by atoms with E-state index in [2.05, 4.69) is 47.4 Å². The zero-order valence-electron chi connectivity index (χ0n) is 16.5. The minimum atomic E-state index is 0.203. The molecule has 3 nitrogen and oxygen atoms in total. The van der Waals surface area contributed by atoms with Gasteiger partial charge in [-0.3, -0.25) is 0 Å². The Bertz CT molecular complexity index is 909. The molecule has 1 unspecified atom stereocenters. The molecule has 2 aromatic carbocycles. The highest BCUT2D eigenvalue weighted by molar-refractivity contribution is 6.29. The fraction of sp³-hybridized carbons (Fsp3) is 0.320. The fourth-order valence-corrected chi connectivity index (χ4v) is 4.19.